The van der Waals surface area contributed by atoms with E-state index in [1.165, 1.54) is 11.3 Å². The molecule has 2 atom stereocenters. The van der Waals surface area contributed by atoms with Crippen molar-refractivity contribution in [3.63, 3.8) is 0 Å². The fourth-order valence-corrected chi connectivity index (χ4v) is 2.87. The Hall–Kier alpha value is -1.28. The quantitative estimate of drug-likeness (QED) is 0.743. The van der Waals surface area contributed by atoms with Crippen molar-refractivity contribution in [3.05, 3.63) is 42.5 Å². The summed E-state index contributed by atoms with van der Waals surface area (Å²) in [5.41, 5.74) is 2.76. The minimum absolute atomic E-state index is 0.137. The van der Waals surface area contributed by atoms with Crippen LogP contribution in [0, 0.1) is 0 Å². The maximum atomic E-state index is 5.76. The van der Waals surface area contributed by atoms with Crippen LogP contribution in [0.25, 0.3) is 0 Å². The van der Waals surface area contributed by atoms with Crippen molar-refractivity contribution in [2.45, 2.75) is 24.5 Å². The third kappa shape index (κ3) is 1.08. The number of anilines is 1. The van der Waals surface area contributed by atoms with Gasteiger partial charge in [-0.1, -0.05) is 24.3 Å². The zero-order valence-corrected chi connectivity index (χ0v) is 8.70. The Bertz CT molecular complexity index is 401. The van der Waals surface area contributed by atoms with Crippen LogP contribution in [-0.2, 0) is 10.2 Å². The summed E-state index contributed by atoms with van der Waals surface area (Å²) >= 11 is 0. The minimum Gasteiger partial charge on any atom is -0.359 e. The van der Waals surface area contributed by atoms with Gasteiger partial charge in [-0.25, -0.2) is 0 Å². The maximum Gasteiger partial charge on any atom is 0.137 e. The minimum atomic E-state index is 0.137. The highest BCUT2D eigenvalue weighted by Gasteiger charge is 2.50. The van der Waals surface area contributed by atoms with Crippen LogP contribution in [0.5, 0.6) is 0 Å². The molecule has 1 fully saturated rings. The van der Waals surface area contributed by atoms with Crippen LogP contribution in [0.3, 0.4) is 0 Å². The maximum absolute atomic E-state index is 5.76. The first-order valence-electron chi connectivity index (χ1n) is 5.45. The van der Waals surface area contributed by atoms with Crippen LogP contribution in [0.2, 0.25) is 0 Å². The number of hydrogen-bond acceptors (Lipinski definition) is 2. The lowest BCUT2D eigenvalue weighted by Crippen LogP contribution is -2.33. The second-order valence-electron chi connectivity index (χ2n) is 4.34. The predicted octanol–water partition coefficient (Wildman–Crippen LogP) is 2.67. The smallest absolute Gasteiger partial charge is 0.137 e. The molecule has 15 heavy (non-hydrogen) atoms. The number of ether oxygens (including phenoxy) is 1. The number of nitrogens with one attached hydrogen (secondary N) is 1. The second-order valence-corrected chi connectivity index (χ2v) is 4.34. The summed E-state index contributed by atoms with van der Waals surface area (Å²) in [6, 6.07) is 8.50. The number of allylic oxidation sites excluding steroid dienone is 1. The van der Waals surface area contributed by atoms with Gasteiger partial charge in [-0.15, -0.1) is 6.58 Å². The van der Waals surface area contributed by atoms with Crippen LogP contribution in [-0.4, -0.2) is 12.8 Å². The van der Waals surface area contributed by atoms with E-state index < -0.39 is 0 Å². The Kier molecular flexibility index (Phi) is 1.86. The van der Waals surface area contributed by atoms with Gasteiger partial charge in [-0.3, -0.25) is 0 Å². The van der Waals surface area contributed by atoms with E-state index in [4.69, 9.17) is 4.74 Å². The van der Waals surface area contributed by atoms with Gasteiger partial charge >= 0.3 is 0 Å². The summed E-state index contributed by atoms with van der Waals surface area (Å²) < 4.78 is 5.76. The highest BCUT2D eigenvalue weighted by molar-refractivity contribution is 5.62. The van der Waals surface area contributed by atoms with Gasteiger partial charge in [0, 0.05) is 11.1 Å². The molecule has 1 N–H and O–H groups in total. The molecule has 0 spiro atoms. The zero-order chi connectivity index (χ0) is 10.3. The molecule has 1 saturated heterocycles. The van der Waals surface area contributed by atoms with Crippen molar-refractivity contribution in [2.24, 2.45) is 0 Å². The number of hydrogen-bond donors (Lipinski definition) is 1. The van der Waals surface area contributed by atoms with Crippen molar-refractivity contribution in [1.29, 1.82) is 0 Å². The summed E-state index contributed by atoms with van der Waals surface area (Å²) in [7, 11) is 0. The molecule has 2 heteroatoms. The first-order chi connectivity index (χ1) is 7.37. The van der Waals surface area contributed by atoms with Crippen LogP contribution in [0.1, 0.15) is 18.4 Å². The van der Waals surface area contributed by atoms with Gasteiger partial charge in [0.05, 0.1) is 6.61 Å². The largest absolute Gasteiger partial charge is 0.359 e. The van der Waals surface area contributed by atoms with Crippen molar-refractivity contribution in [2.75, 3.05) is 11.9 Å². The van der Waals surface area contributed by atoms with Crippen molar-refractivity contribution in [3.8, 4) is 0 Å². The molecule has 2 heterocycles. The van der Waals surface area contributed by atoms with Crippen LogP contribution >= 0.6 is 0 Å². The summed E-state index contributed by atoms with van der Waals surface area (Å²) in [5.74, 6) is 0. The van der Waals surface area contributed by atoms with Gasteiger partial charge < -0.3 is 10.1 Å². The first kappa shape index (κ1) is 8.98. The molecule has 2 aliphatic heterocycles. The molecule has 0 bridgehead atoms. The van der Waals surface area contributed by atoms with Gasteiger partial charge in [0.1, 0.15) is 6.23 Å². The summed E-state index contributed by atoms with van der Waals surface area (Å²) in [6.45, 7) is 4.72. The lowest BCUT2D eigenvalue weighted by atomic mass is 9.77. The van der Waals surface area contributed by atoms with E-state index in [-0.39, 0.29) is 11.6 Å². The average molecular weight is 201 g/mol. The molecule has 0 radical (unpaired) electrons. The first-order valence-corrected chi connectivity index (χ1v) is 5.45. The normalized spacial score (nSPS) is 31.9. The third-order valence-corrected chi connectivity index (χ3v) is 3.59. The number of fused-ring (bicyclic) bond motifs is 3. The topological polar surface area (TPSA) is 21.3 Å². The van der Waals surface area contributed by atoms with Crippen molar-refractivity contribution < 1.29 is 4.74 Å². The molecule has 2 aliphatic rings. The van der Waals surface area contributed by atoms with E-state index in [1.54, 1.807) is 0 Å². The van der Waals surface area contributed by atoms with Crippen LogP contribution in [0.4, 0.5) is 5.69 Å². The third-order valence-electron chi connectivity index (χ3n) is 3.59. The molecule has 0 aromatic heterocycles. The van der Waals surface area contributed by atoms with E-state index in [2.05, 4.69) is 36.2 Å². The fraction of sp³-hybridized carbons (Fsp3) is 0.385. The molecule has 1 aromatic rings. The summed E-state index contributed by atoms with van der Waals surface area (Å²) in [4.78, 5) is 0. The van der Waals surface area contributed by atoms with E-state index in [0.717, 1.165) is 19.4 Å². The standard InChI is InChI=1S/C13H15NO/c1-2-7-13-8-9-15-12(13)14-11-6-4-3-5-10(11)13/h2-6,12,14H,1,7-9H2/t12-,13-/m0/s1. The van der Waals surface area contributed by atoms with Gasteiger partial charge in [0.25, 0.3) is 0 Å². The van der Waals surface area contributed by atoms with Gasteiger partial charge in [-0.2, -0.15) is 0 Å². The molecule has 1 aromatic carbocycles. The monoisotopic (exact) mass is 201 g/mol. The lowest BCUT2D eigenvalue weighted by Gasteiger charge is -2.26. The molecule has 2 nitrogen and oxygen atoms in total. The SMILES string of the molecule is C=CC[C@@]12CCO[C@@H]1Nc1ccccc12. The number of benzene rings is 1. The van der Waals surface area contributed by atoms with E-state index in [1.807, 2.05) is 6.08 Å². The lowest BCUT2D eigenvalue weighted by molar-refractivity contribution is 0.108. The van der Waals surface area contributed by atoms with E-state index in [0.29, 0.717) is 0 Å². The summed E-state index contributed by atoms with van der Waals surface area (Å²) in [5, 5.41) is 3.45. The molecule has 0 unspecified atom stereocenters. The molecule has 0 aliphatic carbocycles. The van der Waals surface area contributed by atoms with Crippen molar-refractivity contribution >= 4 is 5.69 Å². The Balaban J connectivity index is 2.12. The molecule has 0 amide bonds. The Morgan fingerprint density at radius 2 is 2.40 bits per heavy atom. The molecule has 0 saturated carbocycles. The van der Waals surface area contributed by atoms with Crippen LogP contribution < -0.4 is 5.32 Å². The van der Waals surface area contributed by atoms with Gasteiger partial charge in [0.2, 0.25) is 0 Å². The highest BCUT2D eigenvalue weighted by atomic mass is 16.5. The second kappa shape index (κ2) is 3.11. The Morgan fingerprint density at radius 3 is 3.27 bits per heavy atom. The van der Waals surface area contributed by atoms with Crippen LogP contribution in [0.15, 0.2) is 36.9 Å². The Morgan fingerprint density at radius 1 is 1.53 bits per heavy atom. The number of rotatable bonds is 2. The Labute approximate surface area is 89.9 Å². The highest BCUT2D eigenvalue weighted by Crippen LogP contribution is 2.49. The molecule has 3 rings (SSSR count). The fourth-order valence-electron chi connectivity index (χ4n) is 2.87. The molecular formula is C13H15NO. The number of para-hydroxylation sites is 1. The van der Waals surface area contributed by atoms with Gasteiger partial charge in [-0.05, 0) is 24.5 Å². The zero-order valence-electron chi connectivity index (χ0n) is 8.70. The van der Waals surface area contributed by atoms with Gasteiger partial charge in [0.15, 0.2) is 0 Å². The molecule has 78 valence electrons. The predicted molar refractivity (Wildman–Crippen MR) is 60.9 cm³/mol. The van der Waals surface area contributed by atoms with Crippen molar-refractivity contribution in [1.82, 2.24) is 0 Å². The average Bonchev–Trinajstić information content (AvgIpc) is 2.74. The molecular weight excluding hydrogens is 186 g/mol. The summed E-state index contributed by atoms with van der Waals surface area (Å²) in [6.07, 6.45) is 4.23. The van der Waals surface area contributed by atoms with E-state index in [9.17, 15) is 0 Å². The van der Waals surface area contributed by atoms with E-state index >= 15 is 0 Å².